The normalized spacial score (nSPS) is 18.7. The van der Waals surface area contributed by atoms with Crippen LogP contribution in [-0.2, 0) is 6.42 Å². The van der Waals surface area contributed by atoms with Crippen molar-refractivity contribution in [3.05, 3.63) is 15.6 Å². The Labute approximate surface area is 122 Å². The van der Waals surface area contributed by atoms with Crippen LogP contribution in [0.5, 0.6) is 0 Å². The highest BCUT2D eigenvalue weighted by molar-refractivity contribution is 7.11. The standard InChI is InChI=1S/C16H28N2S/c1-12-13(2)19-16(18-12)11-15(17-3)10-9-14-7-5-4-6-8-14/h14-15,17H,4-11H2,1-3H3. The van der Waals surface area contributed by atoms with Gasteiger partial charge in [0.1, 0.15) is 0 Å². The summed E-state index contributed by atoms with van der Waals surface area (Å²) in [5.74, 6) is 0.990. The number of nitrogens with zero attached hydrogens (tertiary/aromatic N) is 1. The van der Waals surface area contributed by atoms with Crippen LogP contribution in [0.15, 0.2) is 0 Å². The van der Waals surface area contributed by atoms with Crippen molar-refractivity contribution < 1.29 is 0 Å². The number of aryl methyl sites for hydroxylation is 2. The molecule has 1 atom stereocenters. The van der Waals surface area contributed by atoms with Gasteiger partial charge in [-0.1, -0.05) is 32.1 Å². The zero-order chi connectivity index (χ0) is 13.7. The predicted octanol–water partition coefficient (Wildman–Crippen LogP) is 4.25. The SMILES string of the molecule is CNC(CCC1CCCCC1)Cc1nc(C)c(C)s1. The summed E-state index contributed by atoms with van der Waals surface area (Å²) in [5.41, 5.74) is 1.21. The minimum atomic E-state index is 0.604. The van der Waals surface area contributed by atoms with Gasteiger partial charge in [-0.15, -0.1) is 11.3 Å². The van der Waals surface area contributed by atoms with Crippen LogP contribution in [0, 0.1) is 19.8 Å². The van der Waals surface area contributed by atoms with Crippen molar-refractivity contribution in [2.45, 2.75) is 71.3 Å². The molecule has 1 fully saturated rings. The summed E-state index contributed by atoms with van der Waals surface area (Å²) in [4.78, 5) is 6.04. The van der Waals surface area contributed by atoms with Gasteiger partial charge in [0.25, 0.3) is 0 Å². The third kappa shape index (κ3) is 4.57. The summed E-state index contributed by atoms with van der Waals surface area (Å²) >= 11 is 1.87. The van der Waals surface area contributed by atoms with Crippen LogP contribution in [-0.4, -0.2) is 18.1 Å². The number of rotatable bonds is 6. The fraction of sp³-hybridized carbons (Fsp3) is 0.812. The molecule has 0 aliphatic heterocycles. The molecule has 1 aliphatic rings. The monoisotopic (exact) mass is 280 g/mol. The van der Waals surface area contributed by atoms with Crippen molar-refractivity contribution in [1.82, 2.24) is 10.3 Å². The van der Waals surface area contributed by atoms with E-state index in [0.717, 1.165) is 12.3 Å². The van der Waals surface area contributed by atoms with Gasteiger partial charge in [0.15, 0.2) is 0 Å². The zero-order valence-corrected chi connectivity index (χ0v) is 13.5. The van der Waals surface area contributed by atoms with Gasteiger partial charge in [0, 0.05) is 17.3 Å². The van der Waals surface area contributed by atoms with Crippen LogP contribution in [0.3, 0.4) is 0 Å². The summed E-state index contributed by atoms with van der Waals surface area (Å²) in [7, 11) is 2.10. The van der Waals surface area contributed by atoms with E-state index in [2.05, 4.69) is 31.2 Å². The number of nitrogens with one attached hydrogen (secondary N) is 1. The first-order chi connectivity index (χ1) is 9.19. The van der Waals surface area contributed by atoms with Crippen molar-refractivity contribution in [1.29, 1.82) is 0 Å². The van der Waals surface area contributed by atoms with Crippen molar-refractivity contribution in [2.24, 2.45) is 5.92 Å². The Kier molecular flexibility index (Phi) is 5.83. The molecule has 1 aromatic heterocycles. The van der Waals surface area contributed by atoms with Crippen LogP contribution in [0.1, 0.15) is 60.5 Å². The largest absolute Gasteiger partial charge is 0.317 e. The molecular formula is C16H28N2S. The highest BCUT2D eigenvalue weighted by Gasteiger charge is 2.17. The average Bonchev–Trinajstić information content (AvgIpc) is 2.74. The Hall–Kier alpha value is -0.410. The van der Waals surface area contributed by atoms with Crippen LogP contribution < -0.4 is 5.32 Å². The fourth-order valence-corrected chi connectivity index (χ4v) is 4.11. The summed E-state index contributed by atoms with van der Waals surface area (Å²) in [6.45, 7) is 4.29. The smallest absolute Gasteiger partial charge is 0.0946 e. The number of hydrogen-bond acceptors (Lipinski definition) is 3. The van der Waals surface area contributed by atoms with Crippen molar-refractivity contribution in [3.8, 4) is 0 Å². The lowest BCUT2D eigenvalue weighted by Crippen LogP contribution is -2.28. The molecule has 1 N–H and O–H groups in total. The highest BCUT2D eigenvalue weighted by atomic mass is 32.1. The van der Waals surface area contributed by atoms with E-state index in [1.807, 2.05) is 11.3 Å². The Morgan fingerprint density at radius 1 is 1.26 bits per heavy atom. The van der Waals surface area contributed by atoms with E-state index in [0.29, 0.717) is 6.04 Å². The number of hydrogen-bond donors (Lipinski definition) is 1. The summed E-state index contributed by atoms with van der Waals surface area (Å²) < 4.78 is 0. The maximum absolute atomic E-state index is 4.67. The molecule has 2 rings (SSSR count). The Morgan fingerprint density at radius 2 is 2.00 bits per heavy atom. The third-order valence-electron chi connectivity index (χ3n) is 4.55. The van der Waals surface area contributed by atoms with Crippen molar-refractivity contribution in [3.63, 3.8) is 0 Å². The minimum Gasteiger partial charge on any atom is -0.317 e. The molecule has 1 unspecified atom stereocenters. The van der Waals surface area contributed by atoms with Gasteiger partial charge in [0.2, 0.25) is 0 Å². The number of likely N-dealkylation sites (N-methyl/N-ethyl adjacent to an activating group) is 1. The van der Waals surface area contributed by atoms with E-state index in [9.17, 15) is 0 Å². The first kappa shape index (κ1) is 15.0. The summed E-state index contributed by atoms with van der Waals surface area (Å²) in [6, 6.07) is 0.604. The first-order valence-corrected chi connectivity index (χ1v) is 8.61. The van der Waals surface area contributed by atoms with Crippen LogP contribution >= 0.6 is 11.3 Å². The molecule has 0 spiro atoms. The molecule has 19 heavy (non-hydrogen) atoms. The molecule has 3 heteroatoms. The molecule has 1 saturated carbocycles. The zero-order valence-electron chi connectivity index (χ0n) is 12.7. The summed E-state index contributed by atoms with van der Waals surface area (Å²) in [6.07, 6.45) is 11.1. The lowest BCUT2D eigenvalue weighted by molar-refractivity contribution is 0.315. The molecule has 0 saturated heterocycles. The first-order valence-electron chi connectivity index (χ1n) is 7.79. The van der Waals surface area contributed by atoms with Gasteiger partial charge in [-0.25, -0.2) is 4.98 Å². The maximum Gasteiger partial charge on any atom is 0.0946 e. The molecule has 1 aliphatic carbocycles. The Balaban J connectivity index is 1.79. The molecule has 2 nitrogen and oxygen atoms in total. The topological polar surface area (TPSA) is 24.9 Å². The lowest BCUT2D eigenvalue weighted by atomic mass is 9.85. The van der Waals surface area contributed by atoms with Crippen molar-refractivity contribution in [2.75, 3.05) is 7.05 Å². The molecule has 1 heterocycles. The van der Waals surface area contributed by atoms with E-state index in [4.69, 9.17) is 0 Å². The molecule has 108 valence electrons. The highest BCUT2D eigenvalue weighted by Crippen LogP contribution is 2.28. The van der Waals surface area contributed by atoms with Crippen LogP contribution in [0.25, 0.3) is 0 Å². The van der Waals surface area contributed by atoms with Gasteiger partial charge in [0.05, 0.1) is 10.7 Å². The van der Waals surface area contributed by atoms with Gasteiger partial charge < -0.3 is 5.32 Å². The van der Waals surface area contributed by atoms with E-state index < -0.39 is 0 Å². The van der Waals surface area contributed by atoms with Crippen LogP contribution in [0.2, 0.25) is 0 Å². The second kappa shape index (κ2) is 7.39. The molecule has 0 amide bonds. The molecular weight excluding hydrogens is 252 g/mol. The van der Waals surface area contributed by atoms with Gasteiger partial charge in [-0.3, -0.25) is 0 Å². The molecule has 0 bridgehead atoms. The third-order valence-corrected chi connectivity index (χ3v) is 5.65. The van der Waals surface area contributed by atoms with E-state index in [1.54, 1.807) is 0 Å². The fourth-order valence-electron chi connectivity index (χ4n) is 3.10. The molecule has 0 aromatic carbocycles. The lowest BCUT2D eigenvalue weighted by Gasteiger charge is -2.23. The minimum absolute atomic E-state index is 0.604. The number of thiazole rings is 1. The van der Waals surface area contributed by atoms with E-state index in [1.165, 1.54) is 60.5 Å². The Morgan fingerprint density at radius 3 is 2.58 bits per heavy atom. The molecule has 0 radical (unpaired) electrons. The van der Waals surface area contributed by atoms with Crippen LogP contribution in [0.4, 0.5) is 0 Å². The maximum atomic E-state index is 4.67. The molecule has 1 aromatic rings. The Bertz CT molecular complexity index is 361. The van der Waals surface area contributed by atoms with Gasteiger partial charge >= 0.3 is 0 Å². The second-order valence-electron chi connectivity index (χ2n) is 6.02. The second-order valence-corrected chi connectivity index (χ2v) is 7.31. The quantitative estimate of drug-likeness (QED) is 0.842. The predicted molar refractivity (Wildman–Crippen MR) is 83.9 cm³/mol. The van der Waals surface area contributed by atoms with Gasteiger partial charge in [-0.05, 0) is 39.7 Å². The average molecular weight is 280 g/mol. The van der Waals surface area contributed by atoms with E-state index >= 15 is 0 Å². The van der Waals surface area contributed by atoms with Crippen molar-refractivity contribution >= 4 is 11.3 Å². The van der Waals surface area contributed by atoms with E-state index in [-0.39, 0.29) is 0 Å². The number of aromatic nitrogens is 1. The summed E-state index contributed by atoms with van der Waals surface area (Å²) in [5, 5.41) is 4.79. The van der Waals surface area contributed by atoms with Gasteiger partial charge in [-0.2, -0.15) is 0 Å².